The van der Waals surface area contributed by atoms with Crippen molar-refractivity contribution in [1.82, 2.24) is 0 Å². The molecule has 85 heavy (non-hydrogen) atoms. The van der Waals surface area contributed by atoms with Crippen molar-refractivity contribution in [3.8, 4) is 137 Å². The lowest BCUT2D eigenvalue weighted by atomic mass is 10.1. The Morgan fingerprint density at radius 3 is 0.588 bits per heavy atom. The van der Waals surface area contributed by atoms with Crippen LogP contribution in [0.2, 0.25) is 0 Å². The van der Waals surface area contributed by atoms with Gasteiger partial charge in [0.05, 0.1) is 21.5 Å². The van der Waals surface area contributed by atoms with Gasteiger partial charge in [-0.1, -0.05) is 0 Å². The molecule has 0 aliphatic carbocycles. The maximum atomic E-state index is 12.1. The quantitative estimate of drug-likeness (QED) is 0.0736. The summed E-state index contributed by atoms with van der Waals surface area (Å²) in [6, 6.07) is 30.6. The van der Waals surface area contributed by atoms with E-state index in [4.69, 9.17) is 17.7 Å². The van der Waals surface area contributed by atoms with Gasteiger partial charge in [0.25, 0.3) is 0 Å². The summed E-state index contributed by atoms with van der Waals surface area (Å²) in [5, 5.41) is 153. The highest BCUT2D eigenvalue weighted by Gasteiger charge is 2.21. The molecule has 0 unspecified atom stereocenters. The van der Waals surface area contributed by atoms with Gasteiger partial charge in [-0.3, -0.25) is 19.2 Å². The van der Waals surface area contributed by atoms with Gasteiger partial charge in [0.1, 0.15) is 45.3 Å². The van der Waals surface area contributed by atoms with Crippen molar-refractivity contribution in [3.63, 3.8) is 0 Å². The van der Waals surface area contributed by atoms with E-state index in [0.717, 1.165) is 24.3 Å². The van der Waals surface area contributed by atoms with Crippen LogP contribution in [0.5, 0.6) is 92.0 Å². The molecule has 0 radical (unpaired) electrons. The summed E-state index contributed by atoms with van der Waals surface area (Å²) in [6.45, 7) is 0. The Hall–Kier alpha value is -12.6. The molecule has 8 aromatic carbocycles. The smallest absolute Gasteiger partial charge is 0.235 e. The minimum atomic E-state index is -0.654. The Bertz CT molecular complexity index is 4250. The van der Waals surface area contributed by atoms with Crippen LogP contribution in [0.4, 0.5) is 0 Å². The highest BCUT2D eigenvalue weighted by atomic mass is 16.4. The molecule has 18 N–H and O–H groups in total. The molecule has 0 fully saturated rings. The standard InChI is InChI=1S/4C15H10O6.H2O/c4*16-8-2-3-9-12(6-8)21-15(14(20)13(9)19)7-1-4-10(17)11(18)5-7;/h4*1-6,16-18,20H;1H2. The lowest BCUT2D eigenvalue weighted by Gasteiger charge is -2.07. The Kier molecular flexibility index (Phi) is 16.0. The fourth-order valence-corrected chi connectivity index (χ4v) is 8.13. The second-order valence-electron chi connectivity index (χ2n) is 18.0. The minimum Gasteiger partial charge on any atom is -0.508 e. The van der Waals surface area contributed by atoms with Crippen LogP contribution in [-0.4, -0.2) is 87.2 Å². The monoisotopic (exact) mass is 1160 g/mol. The van der Waals surface area contributed by atoms with Crippen LogP contribution < -0.4 is 21.7 Å². The molecule has 432 valence electrons. The lowest BCUT2D eigenvalue weighted by molar-refractivity contribution is 0.403. The normalized spacial score (nSPS) is 10.7. The Morgan fingerprint density at radius 2 is 0.412 bits per heavy atom. The summed E-state index contributed by atoms with van der Waals surface area (Å²) in [5.41, 5.74) is -1.37. The first-order chi connectivity index (χ1) is 39.9. The molecule has 0 aliphatic heterocycles. The summed E-state index contributed by atoms with van der Waals surface area (Å²) in [7, 11) is 0. The molecule has 0 aliphatic rings. The molecular weight excluding hydrogens is 1120 g/mol. The molecule has 0 saturated carbocycles. The molecular formula is C60H42O25. The first kappa shape index (κ1) is 58.5. The largest absolute Gasteiger partial charge is 0.508 e. The molecule has 0 saturated heterocycles. The number of fused-ring (bicyclic) bond motifs is 4. The van der Waals surface area contributed by atoms with E-state index in [1.54, 1.807) is 0 Å². The highest BCUT2D eigenvalue weighted by molar-refractivity contribution is 5.87. The van der Waals surface area contributed by atoms with Gasteiger partial charge < -0.3 is 105 Å². The van der Waals surface area contributed by atoms with Gasteiger partial charge in [-0.25, -0.2) is 0 Å². The highest BCUT2D eigenvalue weighted by Crippen LogP contribution is 2.40. The van der Waals surface area contributed by atoms with E-state index in [1.165, 1.54) is 121 Å². The predicted octanol–water partition coefficient (Wildman–Crippen LogP) is 8.30. The van der Waals surface area contributed by atoms with Gasteiger partial charge in [-0.2, -0.15) is 0 Å². The van der Waals surface area contributed by atoms with Crippen LogP contribution in [0.1, 0.15) is 0 Å². The number of hydrogen-bond acceptors (Lipinski definition) is 24. The fraction of sp³-hybridized carbons (Fsp3) is 0. The second kappa shape index (κ2) is 23.2. The second-order valence-corrected chi connectivity index (χ2v) is 18.0. The van der Waals surface area contributed by atoms with Crippen LogP contribution in [0.3, 0.4) is 0 Å². The molecule has 25 heteroatoms. The van der Waals surface area contributed by atoms with Crippen molar-refractivity contribution >= 4 is 43.9 Å². The van der Waals surface area contributed by atoms with Crippen molar-refractivity contribution in [1.29, 1.82) is 0 Å². The zero-order valence-electron chi connectivity index (χ0n) is 42.8. The van der Waals surface area contributed by atoms with Crippen molar-refractivity contribution in [2.75, 3.05) is 0 Å². The number of hydrogen-bond donors (Lipinski definition) is 16. The predicted molar refractivity (Wildman–Crippen MR) is 302 cm³/mol. The first-order valence-electron chi connectivity index (χ1n) is 23.9. The third-order valence-electron chi connectivity index (χ3n) is 12.4. The van der Waals surface area contributed by atoms with Crippen molar-refractivity contribution in [2.24, 2.45) is 0 Å². The van der Waals surface area contributed by atoms with E-state index >= 15 is 0 Å². The molecule has 0 amide bonds. The fourth-order valence-electron chi connectivity index (χ4n) is 8.13. The summed E-state index contributed by atoms with van der Waals surface area (Å²) >= 11 is 0. The van der Waals surface area contributed by atoms with Crippen molar-refractivity contribution < 1.29 is 105 Å². The van der Waals surface area contributed by atoms with Crippen LogP contribution in [0.15, 0.2) is 182 Å². The minimum absolute atomic E-state index is 0. The molecule has 4 heterocycles. The van der Waals surface area contributed by atoms with E-state index in [2.05, 4.69) is 0 Å². The average molecular weight is 1160 g/mol. The third-order valence-corrected chi connectivity index (χ3v) is 12.4. The van der Waals surface area contributed by atoms with Gasteiger partial charge in [0.15, 0.2) is 69.0 Å². The van der Waals surface area contributed by atoms with E-state index in [9.17, 15) is 101 Å². The molecule has 0 bridgehead atoms. The van der Waals surface area contributed by atoms with Gasteiger partial charge >= 0.3 is 0 Å². The molecule has 12 aromatic rings. The molecule has 0 spiro atoms. The Labute approximate surface area is 471 Å². The van der Waals surface area contributed by atoms with Gasteiger partial charge in [0.2, 0.25) is 44.7 Å². The third kappa shape index (κ3) is 11.7. The SMILES string of the molecule is O.O=c1c(O)c(-c2ccc(O)c(O)c2)oc2cc(O)ccc12.O=c1c(O)c(-c2ccc(O)c(O)c2)oc2cc(O)ccc12.O=c1c(O)c(-c2ccc(O)c(O)c2)oc2cc(O)ccc12.O=c1c(O)c(-c2ccc(O)c(O)c2)oc2cc(O)ccc12. The maximum absolute atomic E-state index is 12.1. The molecule has 4 aromatic heterocycles. The summed E-state index contributed by atoms with van der Waals surface area (Å²) in [6.07, 6.45) is 0. The number of rotatable bonds is 4. The molecule has 0 atom stereocenters. The molecule has 25 nitrogen and oxygen atoms in total. The van der Waals surface area contributed by atoms with Crippen LogP contribution in [0, 0.1) is 0 Å². The topological polar surface area (TPSA) is 476 Å². The van der Waals surface area contributed by atoms with Crippen molar-refractivity contribution in [3.05, 3.63) is 186 Å². The summed E-state index contributed by atoms with van der Waals surface area (Å²) < 4.78 is 21.7. The lowest BCUT2D eigenvalue weighted by Crippen LogP contribution is -2.02. The van der Waals surface area contributed by atoms with Gasteiger partial charge in [0, 0.05) is 46.5 Å². The van der Waals surface area contributed by atoms with E-state index in [1.807, 2.05) is 0 Å². The first-order valence-corrected chi connectivity index (χ1v) is 23.9. The number of phenols is 12. The van der Waals surface area contributed by atoms with E-state index < -0.39 is 67.7 Å². The summed E-state index contributed by atoms with van der Waals surface area (Å²) in [5.74, 6) is -6.42. The average Bonchev–Trinajstić information content (AvgIpc) is 3.01. The Morgan fingerprint density at radius 1 is 0.224 bits per heavy atom. The van der Waals surface area contributed by atoms with Crippen LogP contribution >= 0.6 is 0 Å². The number of benzene rings is 8. The van der Waals surface area contributed by atoms with E-state index in [0.29, 0.717) is 0 Å². The zero-order chi connectivity index (χ0) is 60.6. The molecule has 12 rings (SSSR count). The summed E-state index contributed by atoms with van der Waals surface area (Å²) in [4.78, 5) is 48.3. The Balaban J connectivity index is 0.000000147. The van der Waals surface area contributed by atoms with Crippen molar-refractivity contribution in [2.45, 2.75) is 0 Å². The van der Waals surface area contributed by atoms with Crippen LogP contribution in [-0.2, 0) is 0 Å². The number of phenolic OH excluding ortho intramolecular Hbond substituents is 12. The maximum Gasteiger partial charge on any atom is 0.235 e. The van der Waals surface area contributed by atoms with Crippen LogP contribution in [0.25, 0.3) is 89.2 Å². The zero-order valence-corrected chi connectivity index (χ0v) is 42.8. The van der Waals surface area contributed by atoms with Gasteiger partial charge in [-0.05, 0) is 121 Å². The number of aromatic hydroxyl groups is 16. The van der Waals surface area contributed by atoms with E-state index in [-0.39, 0.29) is 141 Å². The van der Waals surface area contributed by atoms with Gasteiger partial charge in [-0.15, -0.1) is 0 Å².